The zero-order valence-electron chi connectivity index (χ0n) is 24.2. The van der Waals surface area contributed by atoms with E-state index in [0.29, 0.717) is 38.9 Å². The normalized spacial score (nSPS) is 12.3. The molecule has 234 valence electrons. The Balaban J connectivity index is 1.43. The molecule has 0 bridgehead atoms. The number of hydrogen-bond donors (Lipinski definition) is 2. The number of methoxy groups -OCH3 is 1. The molecule has 0 saturated carbocycles. The molecule has 2 atom stereocenters. The molecule has 2 N–H and O–H groups in total. The quantitative estimate of drug-likeness (QED) is 0.107. The second-order valence-electron chi connectivity index (χ2n) is 9.77. The number of ether oxygens (including phenoxy) is 3. The van der Waals surface area contributed by atoms with Gasteiger partial charge in [-0.1, -0.05) is 81.6 Å². The van der Waals surface area contributed by atoms with Gasteiger partial charge in [0, 0.05) is 15.9 Å². The molecule has 0 aliphatic rings. The maximum Gasteiger partial charge on any atom is 0.262 e. The Kier molecular flexibility index (Phi) is 12.7. The van der Waals surface area contributed by atoms with Crippen LogP contribution < -0.4 is 25.0 Å². The largest absolute Gasteiger partial charge is 0.493 e. The van der Waals surface area contributed by atoms with Crippen molar-refractivity contribution in [3.8, 4) is 17.2 Å². The number of carbonyl (C=O) groups is 2. The molecule has 2 amide bonds. The second kappa shape index (κ2) is 16.7. The van der Waals surface area contributed by atoms with Crippen LogP contribution in [0.1, 0.15) is 23.6 Å². The van der Waals surface area contributed by atoms with Gasteiger partial charge in [-0.3, -0.25) is 9.59 Å². The standard InChI is InChI=1S/C33H29Br2Cl2N3O5/c1-20(45-29-13-12-25(36)17-27(29)37)32(41)39-28(15-21-6-4-3-5-7-21)33(42)40-38-18-23-14-26(35)31(30(16-23)43-2)44-19-22-8-10-24(34)11-9-22/h3-14,16-18,20,28H,15,19H2,1-2H3,(H,39,41)(H,40,42)/b38-18-/t20-,28-/m1/s1. The average Bonchev–Trinajstić information content (AvgIpc) is 3.02. The van der Waals surface area contributed by atoms with Crippen LogP contribution in [0.15, 0.2) is 99.0 Å². The minimum atomic E-state index is -0.951. The maximum atomic E-state index is 13.3. The van der Waals surface area contributed by atoms with Gasteiger partial charge >= 0.3 is 0 Å². The number of nitrogens with one attached hydrogen (secondary N) is 2. The van der Waals surface area contributed by atoms with E-state index in [4.69, 9.17) is 37.4 Å². The van der Waals surface area contributed by atoms with Crippen molar-refractivity contribution >= 4 is 73.1 Å². The third-order valence-electron chi connectivity index (χ3n) is 6.42. The number of carbonyl (C=O) groups excluding carboxylic acids is 2. The monoisotopic (exact) mass is 775 g/mol. The third-order valence-corrected chi connectivity index (χ3v) is 8.07. The molecule has 0 saturated heterocycles. The molecule has 8 nitrogen and oxygen atoms in total. The summed E-state index contributed by atoms with van der Waals surface area (Å²) in [5, 5.41) is 7.60. The minimum Gasteiger partial charge on any atom is -0.493 e. The van der Waals surface area contributed by atoms with Crippen LogP contribution in [-0.4, -0.2) is 37.3 Å². The third kappa shape index (κ3) is 10.2. The molecule has 0 unspecified atom stereocenters. The minimum absolute atomic E-state index is 0.228. The van der Waals surface area contributed by atoms with Crippen LogP contribution in [-0.2, 0) is 22.6 Å². The van der Waals surface area contributed by atoms with Crippen LogP contribution >= 0.6 is 55.1 Å². The van der Waals surface area contributed by atoms with Crippen molar-refractivity contribution < 1.29 is 23.8 Å². The zero-order valence-corrected chi connectivity index (χ0v) is 28.9. The van der Waals surface area contributed by atoms with E-state index in [1.807, 2.05) is 54.6 Å². The van der Waals surface area contributed by atoms with Crippen LogP contribution in [0.4, 0.5) is 0 Å². The van der Waals surface area contributed by atoms with E-state index in [9.17, 15) is 9.59 Å². The first-order chi connectivity index (χ1) is 21.6. The van der Waals surface area contributed by atoms with Crippen molar-refractivity contribution in [1.82, 2.24) is 10.7 Å². The van der Waals surface area contributed by atoms with E-state index in [-0.39, 0.29) is 11.4 Å². The topological polar surface area (TPSA) is 98.2 Å². The van der Waals surface area contributed by atoms with Gasteiger partial charge in [0.05, 0.1) is 22.8 Å². The Bertz CT molecular complexity index is 1660. The van der Waals surface area contributed by atoms with Gasteiger partial charge in [-0.2, -0.15) is 5.10 Å². The fraction of sp³-hybridized carbons (Fsp3) is 0.182. The molecule has 0 heterocycles. The Morgan fingerprint density at radius 1 is 0.911 bits per heavy atom. The highest BCUT2D eigenvalue weighted by atomic mass is 79.9. The first kappa shape index (κ1) is 34.3. The lowest BCUT2D eigenvalue weighted by molar-refractivity contribution is -0.132. The summed E-state index contributed by atoms with van der Waals surface area (Å²) < 4.78 is 18.9. The zero-order chi connectivity index (χ0) is 32.3. The first-order valence-electron chi connectivity index (χ1n) is 13.7. The van der Waals surface area contributed by atoms with Gasteiger partial charge in [0.25, 0.3) is 11.8 Å². The van der Waals surface area contributed by atoms with Gasteiger partial charge in [-0.25, -0.2) is 5.43 Å². The molecule has 45 heavy (non-hydrogen) atoms. The highest BCUT2D eigenvalue weighted by molar-refractivity contribution is 9.10. The summed E-state index contributed by atoms with van der Waals surface area (Å²) in [7, 11) is 1.54. The van der Waals surface area contributed by atoms with Gasteiger partial charge in [0.2, 0.25) is 0 Å². The summed E-state index contributed by atoms with van der Waals surface area (Å²) in [6, 6.07) is 24.4. The molecule has 0 spiro atoms. The number of rotatable bonds is 13. The lowest BCUT2D eigenvalue weighted by atomic mass is 10.1. The number of hydrogen-bond acceptors (Lipinski definition) is 6. The number of nitrogens with zero attached hydrogens (tertiary/aromatic N) is 1. The van der Waals surface area contributed by atoms with Crippen molar-refractivity contribution in [1.29, 1.82) is 0 Å². The Hall–Kier alpha value is -3.57. The summed E-state index contributed by atoms with van der Waals surface area (Å²) in [5.74, 6) is 0.291. The van der Waals surface area contributed by atoms with Crippen molar-refractivity contribution in [3.63, 3.8) is 0 Å². The Morgan fingerprint density at radius 2 is 1.64 bits per heavy atom. The van der Waals surface area contributed by atoms with Gasteiger partial charge in [0.15, 0.2) is 17.6 Å². The summed E-state index contributed by atoms with van der Waals surface area (Å²) in [5.41, 5.74) is 5.01. The Morgan fingerprint density at radius 3 is 2.33 bits per heavy atom. The number of hydrazone groups is 1. The SMILES string of the molecule is COc1cc(/C=N\NC(=O)[C@@H](Cc2ccccc2)NC(=O)[C@@H](C)Oc2ccc(Cl)cc2Cl)cc(Br)c1OCc1ccc(Br)cc1. The molecule has 0 aromatic heterocycles. The molecule has 4 aromatic rings. The average molecular weight is 778 g/mol. The fourth-order valence-electron chi connectivity index (χ4n) is 4.10. The highest BCUT2D eigenvalue weighted by Crippen LogP contribution is 2.37. The molecule has 0 aliphatic heterocycles. The fourth-order valence-corrected chi connectivity index (χ4v) is 5.39. The maximum absolute atomic E-state index is 13.3. The summed E-state index contributed by atoms with van der Waals surface area (Å²) in [4.78, 5) is 26.3. The van der Waals surface area contributed by atoms with E-state index in [2.05, 4.69) is 47.7 Å². The van der Waals surface area contributed by atoms with Crippen molar-refractivity contribution in [2.75, 3.05) is 7.11 Å². The lowest BCUT2D eigenvalue weighted by Crippen LogP contribution is -2.50. The summed E-state index contributed by atoms with van der Waals surface area (Å²) >= 11 is 19.1. The summed E-state index contributed by atoms with van der Waals surface area (Å²) in [6.45, 7) is 1.91. The lowest BCUT2D eigenvalue weighted by Gasteiger charge is -2.21. The van der Waals surface area contributed by atoms with Crippen molar-refractivity contribution in [2.45, 2.75) is 32.1 Å². The van der Waals surface area contributed by atoms with Gasteiger partial charge in [-0.15, -0.1) is 0 Å². The van der Waals surface area contributed by atoms with Crippen LogP contribution in [0.25, 0.3) is 0 Å². The number of halogens is 4. The second-order valence-corrected chi connectivity index (χ2v) is 12.4. The number of amides is 2. The van der Waals surface area contributed by atoms with Gasteiger partial charge in [-0.05, 0) is 82.0 Å². The highest BCUT2D eigenvalue weighted by Gasteiger charge is 2.25. The van der Waals surface area contributed by atoms with Crippen LogP contribution in [0, 0.1) is 0 Å². The van der Waals surface area contributed by atoms with Crippen LogP contribution in [0.5, 0.6) is 17.2 Å². The molecular formula is C33H29Br2Cl2N3O5. The van der Waals surface area contributed by atoms with Gasteiger partial charge in [0.1, 0.15) is 18.4 Å². The predicted octanol–water partition coefficient (Wildman–Crippen LogP) is 7.75. The van der Waals surface area contributed by atoms with E-state index in [0.717, 1.165) is 15.6 Å². The van der Waals surface area contributed by atoms with E-state index in [1.165, 1.54) is 12.3 Å². The molecule has 4 rings (SSSR count). The molecular weight excluding hydrogens is 749 g/mol. The van der Waals surface area contributed by atoms with Crippen LogP contribution in [0.3, 0.4) is 0 Å². The predicted molar refractivity (Wildman–Crippen MR) is 184 cm³/mol. The van der Waals surface area contributed by atoms with Crippen molar-refractivity contribution in [3.05, 3.63) is 121 Å². The van der Waals surface area contributed by atoms with Gasteiger partial charge < -0.3 is 19.5 Å². The van der Waals surface area contributed by atoms with E-state index < -0.39 is 24.0 Å². The molecule has 12 heteroatoms. The van der Waals surface area contributed by atoms with E-state index in [1.54, 1.807) is 38.3 Å². The van der Waals surface area contributed by atoms with E-state index >= 15 is 0 Å². The van der Waals surface area contributed by atoms with Crippen LogP contribution in [0.2, 0.25) is 10.0 Å². The molecule has 0 aliphatic carbocycles. The Labute approximate surface area is 288 Å². The first-order valence-corrected chi connectivity index (χ1v) is 16.0. The molecule has 0 radical (unpaired) electrons. The summed E-state index contributed by atoms with van der Waals surface area (Å²) in [6.07, 6.45) is 0.749. The number of benzene rings is 4. The van der Waals surface area contributed by atoms with Crippen molar-refractivity contribution in [2.24, 2.45) is 5.10 Å². The molecule has 0 fully saturated rings. The molecule has 4 aromatic carbocycles. The smallest absolute Gasteiger partial charge is 0.262 e.